The molecule has 0 amide bonds. The average Bonchev–Trinajstić information content (AvgIpc) is 2.86. The Kier molecular flexibility index (Phi) is 5.25. The fourth-order valence-corrected chi connectivity index (χ4v) is 4.91. The van der Waals surface area contributed by atoms with Gasteiger partial charge in [0, 0.05) is 17.5 Å². The third-order valence-corrected chi connectivity index (χ3v) is 6.14. The largest absolute Gasteiger partial charge is 0.308 e. The van der Waals surface area contributed by atoms with Gasteiger partial charge in [-0.05, 0) is 30.7 Å². The first-order valence-corrected chi connectivity index (χ1v) is 9.16. The summed E-state index contributed by atoms with van der Waals surface area (Å²) in [5.74, 6) is 6.65. The number of nitrogen functional groups attached to an aromatic ring is 1. The molecule has 0 bridgehead atoms. The van der Waals surface area contributed by atoms with Gasteiger partial charge in [0.25, 0.3) is 0 Å². The minimum Gasteiger partial charge on any atom is -0.308 e. The van der Waals surface area contributed by atoms with E-state index in [4.69, 9.17) is 5.84 Å². The van der Waals surface area contributed by atoms with Gasteiger partial charge in [-0.25, -0.2) is 24.0 Å². The van der Waals surface area contributed by atoms with Crippen LogP contribution in [0.1, 0.15) is 26.2 Å². The molecule has 112 valence electrons. The van der Waals surface area contributed by atoms with Crippen LogP contribution in [0.2, 0.25) is 0 Å². The maximum Gasteiger partial charge on any atom is 0.242 e. The molecule has 2 rings (SSSR count). The fourth-order valence-electron chi connectivity index (χ4n) is 2.37. The van der Waals surface area contributed by atoms with Crippen molar-refractivity contribution in [1.82, 2.24) is 9.71 Å². The van der Waals surface area contributed by atoms with Crippen LogP contribution < -0.4 is 16.0 Å². The number of nitrogens with two attached hydrogens (primary N) is 1. The van der Waals surface area contributed by atoms with Crippen molar-refractivity contribution in [2.24, 2.45) is 5.84 Å². The number of nitrogens with one attached hydrogen (secondary N) is 2. The zero-order valence-corrected chi connectivity index (χ0v) is 13.0. The Bertz CT molecular complexity index is 533. The lowest BCUT2D eigenvalue weighted by Gasteiger charge is -2.20. The number of hydrogen-bond acceptors (Lipinski definition) is 6. The third kappa shape index (κ3) is 3.63. The normalized spacial score (nSPS) is 22.9. The molecule has 0 spiro atoms. The van der Waals surface area contributed by atoms with E-state index in [-0.39, 0.29) is 10.9 Å². The van der Waals surface area contributed by atoms with Gasteiger partial charge in [-0.1, -0.05) is 13.3 Å². The quantitative estimate of drug-likeness (QED) is 0.541. The molecule has 0 aromatic carbocycles. The molecule has 1 fully saturated rings. The summed E-state index contributed by atoms with van der Waals surface area (Å²) in [5, 5.41) is 0.368. The molecule has 2 atom stereocenters. The van der Waals surface area contributed by atoms with E-state index in [2.05, 4.69) is 22.1 Å². The minimum atomic E-state index is -3.51. The van der Waals surface area contributed by atoms with Gasteiger partial charge in [-0.2, -0.15) is 11.8 Å². The molecule has 8 heteroatoms. The first kappa shape index (κ1) is 15.6. The van der Waals surface area contributed by atoms with Crippen molar-refractivity contribution in [3.05, 3.63) is 18.3 Å². The van der Waals surface area contributed by atoms with E-state index < -0.39 is 10.0 Å². The molecular formula is C12H20N4O2S2. The number of sulfonamides is 1. The van der Waals surface area contributed by atoms with Crippen molar-refractivity contribution in [1.29, 1.82) is 0 Å². The average molecular weight is 316 g/mol. The fraction of sp³-hybridized carbons (Fsp3) is 0.583. The Labute approximate surface area is 123 Å². The second-order valence-corrected chi connectivity index (χ2v) is 7.91. The van der Waals surface area contributed by atoms with Gasteiger partial charge in [0.05, 0.1) is 0 Å². The van der Waals surface area contributed by atoms with Gasteiger partial charge < -0.3 is 5.43 Å². The number of pyridine rings is 1. The molecule has 4 N–H and O–H groups in total. The molecule has 6 nitrogen and oxygen atoms in total. The molecule has 1 aromatic heterocycles. The molecule has 1 heterocycles. The SMILES string of the molecule is CCSC1CCCC1NS(=O)(=O)c1ccc(NN)nc1. The van der Waals surface area contributed by atoms with Crippen LogP contribution in [0.25, 0.3) is 0 Å². The molecule has 0 saturated heterocycles. The Balaban J connectivity index is 2.09. The topological polar surface area (TPSA) is 97.1 Å². The number of aromatic nitrogens is 1. The van der Waals surface area contributed by atoms with Gasteiger partial charge in [0.1, 0.15) is 10.7 Å². The second kappa shape index (κ2) is 6.75. The Morgan fingerprint density at radius 2 is 2.25 bits per heavy atom. The lowest BCUT2D eigenvalue weighted by Crippen LogP contribution is -2.38. The molecule has 1 aliphatic carbocycles. The number of hydrogen-bond donors (Lipinski definition) is 3. The number of rotatable bonds is 6. The van der Waals surface area contributed by atoms with Crippen LogP contribution in [0, 0.1) is 0 Å². The summed E-state index contributed by atoms with van der Waals surface area (Å²) in [5.41, 5.74) is 2.37. The standard InChI is InChI=1S/C12H20N4O2S2/c1-2-19-11-5-3-4-10(11)16-20(17,18)9-6-7-12(15-13)14-8-9/h6-8,10-11,16H,2-5,13H2,1H3,(H,14,15). The zero-order chi connectivity index (χ0) is 14.6. The smallest absolute Gasteiger partial charge is 0.242 e. The van der Waals surface area contributed by atoms with Gasteiger partial charge in [0.2, 0.25) is 10.0 Å². The number of thioether (sulfide) groups is 1. The summed E-state index contributed by atoms with van der Waals surface area (Å²) in [6, 6.07) is 3.06. The Morgan fingerprint density at radius 3 is 2.85 bits per heavy atom. The summed E-state index contributed by atoms with van der Waals surface area (Å²) in [6.45, 7) is 2.09. The van der Waals surface area contributed by atoms with E-state index in [0.717, 1.165) is 25.0 Å². The minimum absolute atomic E-state index is 0.0114. The van der Waals surface area contributed by atoms with Gasteiger partial charge >= 0.3 is 0 Å². The molecule has 0 aliphatic heterocycles. The predicted octanol–water partition coefficient (Wildman–Crippen LogP) is 1.32. The maximum atomic E-state index is 12.3. The first-order valence-electron chi connectivity index (χ1n) is 6.63. The van der Waals surface area contributed by atoms with E-state index >= 15 is 0 Å². The summed E-state index contributed by atoms with van der Waals surface area (Å²) < 4.78 is 27.5. The van der Waals surface area contributed by atoms with E-state index in [1.807, 2.05) is 11.8 Å². The van der Waals surface area contributed by atoms with E-state index in [1.165, 1.54) is 12.3 Å². The van der Waals surface area contributed by atoms with E-state index in [9.17, 15) is 8.42 Å². The van der Waals surface area contributed by atoms with Crippen LogP contribution in [-0.2, 0) is 10.0 Å². The predicted molar refractivity (Wildman–Crippen MR) is 81.9 cm³/mol. The molecule has 1 aromatic rings. The second-order valence-electron chi connectivity index (χ2n) is 4.68. The van der Waals surface area contributed by atoms with Crippen molar-refractivity contribution in [2.45, 2.75) is 42.4 Å². The molecule has 2 unspecified atom stereocenters. The highest BCUT2D eigenvalue weighted by Gasteiger charge is 2.31. The zero-order valence-electron chi connectivity index (χ0n) is 11.4. The van der Waals surface area contributed by atoms with Crippen LogP contribution in [0.3, 0.4) is 0 Å². The van der Waals surface area contributed by atoms with Crippen molar-refractivity contribution < 1.29 is 8.42 Å². The van der Waals surface area contributed by atoms with Crippen LogP contribution in [0.5, 0.6) is 0 Å². The van der Waals surface area contributed by atoms with Crippen molar-refractivity contribution in [3.8, 4) is 0 Å². The van der Waals surface area contributed by atoms with Crippen molar-refractivity contribution in [2.75, 3.05) is 11.2 Å². The number of nitrogens with zero attached hydrogens (tertiary/aromatic N) is 1. The van der Waals surface area contributed by atoms with Gasteiger partial charge in [-0.3, -0.25) is 0 Å². The van der Waals surface area contributed by atoms with E-state index in [1.54, 1.807) is 6.07 Å². The number of hydrazine groups is 1. The molecule has 1 aliphatic rings. The van der Waals surface area contributed by atoms with Crippen LogP contribution in [0.4, 0.5) is 5.82 Å². The van der Waals surface area contributed by atoms with Crippen molar-refractivity contribution in [3.63, 3.8) is 0 Å². The molecular weight excluding hydrogens is 296 g/mol. The molecule has 20 heavy (non-hydrogen) atoms. The van der Waals surface area contributed by atoms with Gasteiger partial charge in [-0.15, -0.1) is 0 Å². The monoisotopic (exact) mass is 316 g/mol. The first-order chi connectivity index (χ1) is 9.56. The number of anilines is 1. The highest BCUT2D eigenvalue weighted by Crippen LogP contribution is 2.30. The summed E-state index contributed by atoms with van der Waals surface area (Å²) >= 11 is 1.82. The molecule has 0 radical (unpaired) electrons. The maximum absolute atomic E-state index is 12.3. The third-order valence-electron chi connectivity index (χ3n) is 3.33. The summed E-state index contributed by atoms with van der Waals surface area (Å²) in [4.78, 5) is 4.10. The van der Waals surface area contributed by atoms with Gasteiger partial charge in [0.15, 0.2) is 0 Å². The highest BCUT2D eigenvalue weighted by molar-refractivity contribution is 8.00. The molecule has 1 saturated carbocycles. The lowest BCUT2D eigenvalue weighted by molar-refractivity contribution is 0.555. The Morgan fingerprint density at radius 1 is 1.45 bits per heavy atom. The van der Waals surface area contributed by atoms with Crippen molar-refractivity contribution >= 4 is 27.6 Å². The summed E-state index contributed by atoms with van der Waals surface area (Å²) in [7, 11) is -3.51. The highest BCUT2D eigenvalue weighted by atomic mass is 32.2. The van der Waals surface area contributed by atoms with E-state index in [0.29, 0.717) is 11.1 Å². The Hall–Kier alpha value is -0.830. The van der Waals surface area contributed by atoms with Crippen LogP contribution >= 0.6 is 11.8 Å². The summed E-state index contributed by atoms with van der Waals surface area (Å²) in [6.07, 6.45) is 4.35. The lowest BCUT2D eigenvalue weighted by atomic mass is 10.3. The van der Waals surface area contributed by atoms with Crippen LogP contribution in [-0.4, -0.2) is 30.4 Å². The van der Waals surface area contributed by atoms with Crippen LogP contribution in [0.15, 0.2) is 23.2 Å².